The second-order valence-corrected chi connectivity index (χ2v) is 7.82. The molecule has 1 aromatic carbocycles. The smallest absolute Gasteiger partial charge is 0.253 e. The molecule has 1 aromatic heterocycles. The Labute approximate surface area is 170 Å². The fourth-order valence-corrected chi connectivity index (χ4v) is 4.19. The molecule has 0 aliphatic carbocycles. The van der Waals surface area contributed by atoms with Crippen LogP contribution in [0, 0.1) is 0 Å². The first kappa shape index (κ1) is 20.0. The van der Waals surface area contributed by atoms with Gasteiger partial charge in [0.05, 0.1) is 0 Å². The summed E-state index contributed by atoms with van der Waals surface area (Å²) >= 11 is 7.73. The molecule has 0 radical (unpaired) electrons. The van der Waals surface area contributed by atoms with Gasteiger partial charge in [0.25, 0.3) is 5.91 Å². The molecular formula is C20H25ClN4OS. The maximum atomic E-state index is 12.4. The zero-order valence-electron chi connectivity index (χ0n) is 15.8. The molecule has 1 fully saturated rings. The number of nitrogens with zero attached hydrogens (tertiary/aromatic N) is 4. The summed E-state index contributed by atoms with van der Waals surface area (Å²) in [6.07, 6.45) is 2.21. The van der Waals surface area contributed by atoms with Crippen LogP contribution in [-0.4, -0.2) is 47.0 Å². The number of benzene rings is 1. The van der Waals surface area contributed by atoms with E-state index in [-0.39, 0.29) is 5.91 Å². The number of halogens is 1. The van der Waals surface area contributed by atoms with Gasteiger partial charge in [-0.1, -0.05) is 35.5 Å². The Balaban J connectivity index is 1.64. The second-order valence-electron chi connectivity index (χ2n) is 6.49. The van der Waals surface area contributed by atoms with Gasteiger partial charge in [0, 0.05) is 43.6 Å². The SMILES string of the molecule is CCN(CC)c1cc(Cl)nc(SCc2ccc(C(=O)N3CCCC3)cc2)n1. The third kappa shape index (κ3) is 5.14. The molecule has 3 rings (SSSR count). The maximum absolute atomic E-state index is 12.4. The number of hydrogen-bond acceptors (Lipinski definition) is 5. The summed E-state index contributed by atoms with van der Waals surface area (Å²) in [7, 11) is 0. The Kier molecular flexibility index (Phi) is 6.96. The molecule has 144 valence electrons. The average molecular weight is 405 g/mol. The minimum atomic E-state index is 0.133. The largest absolute Gasteiger partial charge is 0.357 e. The zero-order chi connectivity index (χ0) is 19.2. The molecule has 2 aromatic rings. The van der Waals surface area contributed by atoms with Crippen LogP contribution in [0.3, 0.4) is 0 Å². The van der Waals surface area contributed by atoms with Crippen molar-refractivity contribution in [2.24, 2.45) is 0 Å². The van der Waals surface area contributed by atoms with Crippen molar-refractivity contribution in [1.82, 2.24) is 14.9 Å². The van der Waals surface area contributed by atoms with Crippen molar-refractivity contribution < 1.29 is 4.79 Å². The Bertz CT molecular complexity index is 774. The van der Waals surface area contributed by atoms with Crippen molar-refractivity contribution in [1.29, 1.82) is 0 Å². The first-order chi connectivity index (χ1) is 13.1. The Morgan fingerprint density at radius 3 is 2.44 bits per heavy atom. The molecule has 0 unspecified atom stereocenters. The fraction of sp³-hybridized carbons (Fsp3) is 0.450. The number of aromatic nitrogens is 2. The second kappa shape index (κ2) is 9.42. The highest BCUT2D eigenvalue weighted by Gasteiger charge is 2.19. The van der Waals surface area contributed by atoms with E-state index in [1.807, 2.05) is 29.2 Å². The summed E-state index contributed by atoms with van der Waals surface area (Å²) in [5.41, 5.74) is 1.89. The lowest BCUT2D eigenvalue weighted by molar-refractivity contribution is 0.0793. The fourth-order valence-electron chi connectivity index (χ4n) is 3.15. The van der Waals surface area contributed by atoms with E-state index in [2.05, 4.69) is 28.7 Å². The van der Waals surface area contributed by atoms with E-state index in [0.717, 1.165) is 61.7 Å². The lowest BCUT2D eigenvalue weighted by Crippen LogP contribution is -2.27. The summed E-state index contributed by atoms with van der Waals surface area (Å²) in [6.45, 7) is 7.68. The number of thioether (sulfide) groups is 1. The Hall–Kier alpha value is -1.79. The Morgan fingerprint density at radius 2 is 1.81 bits per heavy atom. The first-order valence-corrected chi connectivity index (χ1v) is 10.8. The first-order valence-electron chi connectivity index (χ1n) is 9.41. The van der Waals surface area contributed by atoms with Gasteiger partial charge >= 0.3 is 0 Å². The molecule has 0 N–H and O–H groups in total. The van der Waals surface area contributed by atoms with Crippen LogP contribution in [0.15, 0.2) is 35.5 Å². The molecule has 0 bridgehead atoms. The molecule has 0 spiro atoms. The highest BCUT2D eigenvalue weighted by atomic mass is 35.5. The van der Waals surface area contributed by atoms with Gasteiger partial charge in [0.2, 0.25) is 0 Å². The summed E-state index contributed by atoms with van der Waals surface area (Å²) in [5.74, 6) is 1.72. The van der Waals surface area contributed by atoms with Gasteiger partial charge in [-0.2, -0.15) is 0 Å². The van der Waals surface area contributed by atoms with E-state index in [0.29, 0.717) is 10.3 Å². The van der Waals surface area contributed by atoms with Gasteiger partial charge in [0.15, 0.2) is 5.16 Å². The van der Waals surface area contributed by atoms with E-state index >= 15 is 0 Å². The molecule has 2 heterocycles. The molecule has 1 saturated heterocycles. The van der Waals surface area contributed by atoms with Crippen LogP contribution in [0.25, 0.3) is 0 Å². The normalized spacial score (nSPS) is 13.8. The third-order valence-corrected chi connectivity index (χ3v) is 5.82. The summed E-state index contributed by atoms with van der Waals surface area (Å²) in [6, 6.07) is 9.64. The van der Waals surface area contributed by atoms with Crippen molar-refractivity contribution in [3.05, 3.63) is 46.6 Å². The van der Waals surface area contributed by atoms with Crippen molar-refractivity contribution in [2.45, 2.75) is 37.6 Å². The Morgan fingerprint density at radius 1 is 1.15 bits per heavy atom. The monoisotopic (exact) mass is 404 g/mol. The predicted molar refractivity (Wildman–Crippen MR) is 112 cm³/mol. The van der Waals surface area contributed by atoms with E-state index in [1.165, 1.54) is 0 Å². The minimum absolute atomic E-state index is 0.133. The van der Waals surface area contributed by atoms with Gasteiger partial charge in [-0.15, -0.1) is 0 Å². The third-order valence-electron chi connectivity index (χ3n) is 4.71. The van der Waals surface area contributed by atoms with Gasteiger partial charge in [0.1, 0.15) is 11.0 Å². The van der Waals surface area contributed by atoms with Crippen molar-refractivity contribution in [2.75, 3.05) is 31.1 Å². The number of carbonyl (C=O) groups is 1. The topological polar surface area (TPSA) is 49.3 Å². The quantitative estimate of drug-likeness (QED) is 0.386. The molecule has 1 aliphatic rings. The number of carbonyl (C=O) groups excluding carboxylic acids is 1. The van der Waals surface area contributed by atoms with E-state index < -0.39 is 0 Å². The highest BCUT2D eigenvalue weighted by Crippen LogP contribution is 2.25. The van der Waals surface area contributed by atoms with Gasteiger partial charge < -0.3 is 9.80 Å². The lowest BCUT2D eigenvalue weighted by Gasteiger charge is -2.20. The summed E-state index contributed by atoms with van der Waals surface area (Å²) in [4.78, 5) is 25.4. The molecule has 7 heteroatoms. The van der Waals surface area contributed by atoms with Crippen LogP contribution in [0.5, 0.6) is 0 Å². The van der Waals surface area contributed by atoms with Gasteiger partial charge in [-0.05, 0) is 44.4 Å². The van der Waals surface area contributed by atoms with E-state index in [9.17, 15) is 4.79 Å². The number of anilines is 1. The van der Waals surface area contributed by atoms with Gasteiger partial charge in [-0.3, -0.25) is 4.79 Å². The standard InChI is InChI=1S/C20H25ClN4OS/c1-3-24(4-2)18-13-17(21)22-20(23-18)27-14-15-7-9-16(10-8-15)19(26)25-11-5-6-12-25/h7-10,13H,3-6,11-12,14H2,1-2H3. The highest BCUT2D eigenvalue weighted by molar-refractivity contribution is 7.98. The van der Waals surface area contributed by atoms with Crippen molar-refractivity contribution in [3.63, 3.8) is 0 Å². The van der Waals surface area contributed by atoms with E-state index in [4.69, 9.17) is 11.6 Å². The van der Waals surface area contributed by atoms with Crippen LogP contribution >= 0.6 is 23.4 Å². The van der Waals surface area contributed by atoms with Crippen molar-refractivity contribution in [3.8, 4) is 0 Å². The van der Waals surface area contributed by atoms with E-state index in [1.54, 1.807) is 17.8 Å². The molecular weight excluding hydrogens is 380 g/mol. The maximum Gasteiger partial charge on any atom is 0.253 e. The summed E-state index contributed by atoms with van der Waals surface area (Å²) < 4.78 is 0. The molecule has 5 nitrogen and oxygen atoms in total. The van der Waals surface area contributed by atoms with Crippen LogP contribution in [-0.2, 0) is 5.75 Å². The summed E-state index contributed by atoms with van der Waals surface area (Å²) in [5, 5.41) is 1.13. The van der Waals surface area contributed by atoms with Crippen LogP contribution in [0.1, 0.15) is 42.6 Å². The molecule has 1 amide bonds. The molecule has 0 saturated carbocycles. The van der Waals surface area contributed by atoms with Crippen LogP contribution in [0.4, 0.5) is 5.82 Å². The number of likely N-dealkylation sites (tertiary alicyclic amines) is 1. The number of amides is 1. The predicted octanol–water partition coefficient (Wildman–Crippen LogP) is 4.50. The van der Waals surface area contributed by atoms with Crippen LogP contribution < -0.4 is 4.90 Å². The molecule has 27 heavy (non-hydrogen) atoms. The van der Waals surface area contributed by atoms with Gasteiger partial charge in [-0.25, -0.2) is 9.97 Å². The number of rotatable bonds is 7. The number of hydrogen-bond donors (Lipinski definition) is 0. The lowest BCUT2D eigenvalue weighted by atomic mass is 10.1. The molecule has 1 aliphatic heterocycles. The molecule has 0 atom stereocenters. The zero-order valence-corrected chi connectivity index (χ0v) is 17.4. The average Bonchev–Trinajstić information content (AvgIpc) is 3.22. The minimum Gasteiger partial charge on any atom is -0.357 e. The van der Waals surface area contributed by atoms with Crippen LogP contribution in [0.2, 0.25) is 5.15 Å². The van der Waals surface area contributed by atoms with Crippen molar-refractivity contribution >= 4 is 35.1 Å².